The average Bonchev–Trinajstić information content (AvgIpc) is 2.29. The highest BCUT2D eigenvalue weighted by Crippen LogP contribution is 2.19. The van der Waals surface area contributed by atoms with E-state index in [4.69, 9.17) is 5.11 Å². The fraction of sp³-hybridized carbons (Fsp3) is 0.0909. The van der Waals surface area contributed by atoms with Crippen molar-refractivity contribution in [3.8, 4) is 11.1 Å². The van der Waals surface area contributed by atoms with E-state index in [2.05, 4.69) is 9.97 Å². The van der Waals surface area contributed by atoms with Crippen LogP contribution in [0.1, 0.15) is 5.69 Å². The van der Waals surface area contributed by atoms with E-state index >= 15 is 0 Å². The summed E-state index contributed by atoms with van der Waals surface area (Å²) in [7, 11) is 0. The maximum atomic E-state index is 11.1. The van der Waals surface area contributed by atoms with Gasteiger partial charge in [0.1, 0.15) is 0 Å². The monoisotopic (exact) mass is 202 g/mol. The highest BCUT2D eigenvalue weighted by molar-refractivity contribution is 5.64. The predicted octanol–water partition coefficient (Wildman–Crippen LogP) is 0.929. The second-order valence-corrected chi connectivity index (χ2v) is 3.10. The molecule has 0 aromatic carbocycles. The van der Waals surface area contributed by atoms with Crippen molar-refractivity contribution in [2.24, 2.45) is 0 Å². The molecule has 0 aliphatic carbocycles. The van der Waals surface area contributed by atoms with Crippen molar-refractivity contribution in [2.75, 3.05) is 0 Å². The van der Waals surface area contributed by atoms with Crippen molar-refractivity contribution in [3.05, 3.63) is 52.7 Å². The number of aliphatic hydroxyl groups excluding tert-OH is 1. The van der Waals surface area contributed by atoms with Crippen LogP contribution in [0.5, 0.6) is 0 Å². The average molecular weight is 202 g/mol. The standard InChI is InChI=1S/C11H10N2O2/c14-7-10-9(2-1-4-12-10)8-3-5-13-11(15)6-8/h1-6,14H,7H2,(H,13,15). The molecule has 0 bridgehead atoms. The minimum absolute atomic E-state index is 0.136. The quantitative estimate of drug-likeness (QED) is 0.761. The highest BCUT2D eigenvalue weighted by atomic mass is 16.3. The number of aromatic nitrogens is 2. The molecule has 2 rings (SSSR count). The van der Waals surface area contributed by atoms with Gasteiger partial charge in [-0.2, -0.15) is 0 Å². The minimum Gasteiger partial charge on any atom is -0.390 e. The van der Waals surface area contributed by atoms with Gasteiger partial charge in [0, 0.05) is 24.0 Å². The van der Waals surface area contributed by atoms with E-state index < -0.39 is 0 Å². The first-order valence-corrected chi connectivity index (χ1v) is 4.55. The number of nitrogens with one attached hydrogen (secondary N) is 1. The van der Waals surface area contributed by atoms with Crippen LogP contribution in [0.3, 0.4) is 0 Å². The smallest absolute Gasteiger partial charge is 0.248 e. The zero-order chi connectivity index (χ0) is 10.7. The van der Waals surface area contributed by atoms with Gasteiger partial charge in [-0.3, -0.25) is 9.78 Å². The molecule has 0 saturated heterocycles. The van der Waals surface area contributed by atoms with Gasteiger partial charge in [0.2, 0.25) is 5.56 Å². The van der Waals surface area contributed by atoms with Crippen LogP contribution < -0.4 is 5.56 Å². The number of rotatable bonds is 2. The lowest BCUT2D eigenvalue weighted by Gasteiger charge is -2.04. The normalized spacial score (nSPS) is 10.2. The number of aliphatic hydroxyl groups is 1. The van der Waals surface area contributed by atoms with E-state index in [9.17, 15) is 4.79 Å². The zero-order valence-electron chi connectivity index (χ0n) is 7.97. The highest BCUT2D eigenvalue weighted by Gasteiger charge is 2.04. The molecule has 0 amide bonds. The Kier molecular flexibility index (Phi) is 2.60. The summed E-state index contributed by atoms with van der Waals surface area (Å²) in [6.45, 7) is -0.136. The van der Waals surface area contributed by atoms with Gasteiger partial charge in [0.05, 0.1) is 12.3 Å². The van der Waals surface area contributed by atoms with Gasteiger partial charge in [-0.15, -0.1) is 0 Å². The Morgan fingerprint density at radius 2 is 2.27 bits per heavy atom. The summed E-state index contributed by atoms with van der Waals surface area (Å²) in [5, 5.41) is 9.10. The van der Waals surface area contributed by atoms with Gasteiger partial charge in [-0.25, -0.2) is 0 Å². The topological polar surface area (TPSA) is 66.0 Å². The maximum Gasteiger partial charge on any atom is 0.248 e. The lowest BCUT2D eigenvalue weighted by molar-refractivity contribution is 0.277. The Morgan fingerprint density at radius 1 is 1.40 bits per heavy atom. The molecule has 2 N–H and O–H groups in total. The van der Waals surface area contributed by atoms with E-state index in [1.807, 2.05) is 6.07 Å². The van der Waals surface area contributed by atoms with Gasteiger partial charge in [-0.05, 0) is 17.7 Å². The van der Waals surface area contributed by atoms with Crippen LogP contribution in [-0.2, 0) is 6.61 Å². The molecular formula is C11H10N2O2. The fourth-order valence-electron chi connectivity index (χ4n) is 1.44. The molecule has 0 fully saturated rings. The third-order valence-electron chi connectivity index (χ3n) is 2.13. The van der Waals surface area contributed by atoms with Crippen molar-refractivity contribution in [3.63, 3.8) is 0 Å². The minimum atomic E-state index is -0.166. The molecule has 0 aliphatic heterocycles. The molecule has 4 heteroatoms. The Hall–Kier alpha value is -1.94. The summed E-state index contributed by atoms with van der Waals surface area (Å²) in [5.74, 6) is 0. The number of hydrogen-bond acceptors (Lipinski definition) is 3. The van der Waals surface area contributed by atoms with Gasteiger partial charge >= 0.3 is 0 Å². The van der Waals surface area contributed by atoms with E-state index in [-0.39, 0.29) is 12.2 Å². The summed E-state index contributed by atoms with van der Waals surface area (Å²) in [5.41, 5.74) is 1.95. The van der Waals surface area contributed by atoms with Gasteiger partial charge in [0.15, 0.2) is 0 Å². The van der Waals surface area contributed by atoms with Crippen molar-refractivity contribution < 1.29 is 5.11 Å². The zero-order valence-corrected chi connectivity index (χ0v) is 7.97. The van der Waals surface area contributed by atoms with Gasteiger partial charge in [0.25, 0.3) is 0 Å². The molecule has 0 atom stereocenters. The van der Waals surface area contributed by atoms with E-state index in [1.54, 1.807) is 24.5 Å². The Bertz CT molecular complexity index is 520. The van der Waals surface area contributed by atoms with Crippen molar-refractivity contribution >= 4 is 0 Å². The lowest BCUT2D eigenvalue weighted by atomic mass is 10.1. The molecule has 4 nitrogen and oxygen atoms in total. The second-order valence-electron chi connectivity index (χ2n) is 3.10. The Morgan fingerprint density at radius 3 is 3.00 bits per heavy atom. The van der Waals surface area contributed by atoms with E-state index in [0.717, 1.165) is 11.1 Å². The SMILES string of the molecule is O=c1cc(-c2cccnc2CO)cc[nH]1. The van der Waals surface area contributed by atoms with Crippen molar-refractivity contribution in [2.45, 2.75) is 6.61 Å². The fourth-order valence-corrected chi connectivity index (χ4v) is 1.44. The summed E-state index contributed by atoms with van der Waals surface area (Å²) in [6.07, 6.45) is 3.19. The molecule has 2 aromatic rings. The van der Waals surface area contributed by atoms with Crippen molar-refractivity contribution in [1.82, 2.24) is 9.97 Å². The van der Waals surface area contributed by atoms with Crippen LogP contribution in [0, 0.1) is 0 Å². The number of H-pyrrole nitrogens is 1. The molecule has 76 valence electrons. The Balaban J connectivity index is 2.58. The van der Waals surface area contributed by atoms with Crippen LogP contribution in [0.25, 0.3) is 11.1 Å². The summed E-state index contributed by atoms with van der Waals surface area (Å²) < 4.78 is 0. The molecule has 2 heterocycles. The summed E-state index contributed by atoms with van der Waals surface area (Å²) in [4.78, 5) is 17.7. The van der Waals surface area contributed by atoms with Crippen LogP contribution >= 0.6 is 0 Å². The first-order valence-electron chi connectivity index (χ1n) is 4.55. The molecule has 0 radical (unpaired) electrons. The summed E-state index contributed by atoms with van der Waals surface area (Å²) >= 11 is 0. The predicted molar refractivity (Wildman–Crippen MR) is 56.2 cm³/mol. The molecular weight excluding hydrogens is 192 g/mol. The second kappa shape index (κ2) is 4.06. The summed E-state index contributed by atoms with van der Waals surface area (Å²) in [6, 6.07) is 6.86. The first kappa shape index (κ1) is 9.61. The van der Waals surface area contributed by atoms with Crippen LogP contribution in [0.15, 0.2) is 41.5 Å². The number of aromatic amines is 1. The number of pyridine rings is 2. The van der Waals surface area contributed by atoms with Crippen molar-refractivity contribution in [1.29, 1.82) is 0 Å². The molecule has 0 saturated carbocycles. The Labute approximate surface area is 86.2 Å². The molecule has 15 heavy (non-hydrogen) atoms. The third-order valence-corrected chi connectivity index (χ3v) is 2.13. The van der Waals surface area contributed by atoms with Crippen LogP contribution in [0.4, 0.5) is 0 Å². The van der Waals surface area contributed by atoms with Crippen LogP contribution in [-0.4, -0.2) is 15.1 Å². The molecule has 0 unspecified atom stereocenters. The number of hydrogen-bond donors (Lipinski definition) is 2. The maximum absolute atomic E-state index is 11.1. The van der Waals surface area contributed by atoms with E-state index in [1.165, 1.54) is 6.07 Å². The number of nitrogens with zero attached hydrogens (tertiary/aromatic N) is 1. The first-order chi connectivity index (χ1) is 7.31. The molecule has 0 spiro atoms. The van der Waals surface area contributed by atoms with E-state index in [0.29, 0.717) is 5.69 Å². The molecule has 0 aliphatic rings. The van der Waals surface area contributed by atoms with Gasteiger partial charge in [-0.1, -0.05) is 6.07 Å². The third kappa shape index (κ3) is 1.94. The van der Waals surface area contributed by atoms with Crippen LogP contribution in [0.2, 0.25) is 0 Å². The lowest BCUT2D eigenvalue weighted by Crippen LogP contribution is -2.03. The molecule has 2 aromatic heterocycles. The largest absolute Gasteiger partial charge is 0.390 e. The van der Waals surface area contributed by atoms with Gasteiger partial charge < -0.3 is 10.1 Å².